The summed E-state index contributed by atoms with van der Waals surface area (Å²) >= 11 is -1.86. The molecule has 138 valence electrons. The van der Waals surface area contributed by atoms with E-state index in [0.717, 1.165) is 33.3 Å². The van der Waals surface area contributed by atoms with Crippen molar-refractivity contribution in [1.82, 2.24) is 9.97 Å². The van der Waals surface area contributed by atoms with Crippen LogP contribution < -0.4 is 4.40 Å². The van der Waals surface area contributed by atoms with Crippen LogP contribution in [0.4, 0.5) is 0 Å². The third-order valence-electron chi connectivity index (χ3n) is 5.04. The van der Waals surface area contributed by atoms with Crippen LogP contribution in [-0.4, -0.2) is 23.2 Å². The molecule has 0 aliphatic carbocycles. The Morgan fingerprint density at radius 3 is 2.30 bits per heavy atom. The van der Waals surface area contributed by atoms with Gasteiger partial charge in [-0.25, -0.2) is 0 Å². The summed E-state index contributed by atoms with van der Waals surface area (Å²) in [6.45, 7) is 6.50. The van der Waals surface area contributed by atoms with Crippen molar-refractivity contribution >= 4 is 39.7 Å². The summed E-state index contributed by atoms with van der Waals surface area (Å²) < 4.78 is 7.64. The minimum atomic E-state index is -1.86. The molecule has 4 rings (SSSR count). The van der Waals surface area contributed by atoms with Crippen molar-refractivity contribution in [3.63, 3.8) is 0 Å². The van der Waals surface area contributed by atoms with E-state index in [1.807, 2.05) is 6.20 Å². The molecule has 4 heteroatoms. The van der Waals surface area contributed by atoms with Gasteiger partial charge in [-0.2, -0.15) is 0 Å². The zero-order valence-corrected chi connectivity index (χ0v) is 19.0. The zero-order valence-electron chi connectivity index (χ0n) is 16.9. The summed E-state index contributed by atoms with van der Waals surface area (Å²) in [6, 6.07) is 14.8. The second-order valence-electron chi connectivity index (χ2n) is 9.27. The SMILES string of the molecule is CC(C)(C)c1ccc2c(n1)oc1c(-c3cc[c]([Ge]([CH3])([CH3])[CH3])cn3)cccc12. The van der Waals surface area contributed by atoms with Crippen LogP contribution in [0.15, 0.2) is 53.1 Å². The fourth-order valence-electron chi connectivity index (χ4n) is 3.30. The molecule has 0 N–H and O–H groups in total. The summed E-state index contributed by atoms with van der Waals surface area (Å²) in [7, 11) is 0. The maximum atomic E-state index is 6.23. The molecule has 0 spiro atoms. The Hall–Kier alpha value is -2.14. The fourth-order valence-corrected chi connectivity index (χ4v) is 5.47. The summed E-state index contributed by atoms with van der Waals surface area (Å²) in [4.78, 5) is 9.54. The number of fused-ring (bicyclic) bond motifs is 3. The number of aromatic nitrogens is 2. The Bertz CT molecular complexity index is 1130. The first-order valence-corrected chi connectivity index (χ1v) is 16.8. The number of rotatable bonds is 2. The van der Waals surface area contributed by atoms with Gasteiger partial charge in [0.05, 0.1) is 0 Å². The summed E-state index contributed by atoms with van der Waals surface area (Å²) in [5.41, 5.74) is 4.57. The molecule has 0 unspecified atom stereocenters. The Morgan fingerprint density at radius 1 is 0.889 bits per heavy atom. The van der Waals surface area contributed by atoms with Crippen LogP contribution in [-0.2, 0) is 5.41 Å². The summed E-state index contributed by atoms with van der Waals surface area (Å²) in [6.07, 6.45) is 2.05. The van der Waals surface area contributed by atoms with E-state index < -0.39 is 13.3 Å². The number of hydrogen-bond acceptors (Lipinski definition) is 3. The number of hydrogen-bond donors (Lipinski definition) is 0. The molecule has 3 heterocycles. The predicted octanol–water partition coefficient (Wildman–Crippen LogP) is 5.89. The van der Waals surface area contributed by atoms with Gasteiger partial charge in [-0.1, -0.05) is 0 Å². The van der Waals surface area contributed by atoms with E-state index in [1.54, 1.807) is 0 Å². The van der Waals surface area contributed by atoms with Gasteiger partial charge in [-0.3, -0.25) is 0 Å². The van der Waals surface area contributed by atoms with Crippen molar-refractivity contribution in [2.45, 2.75) is 43.5 Å². The van der Waals surface area contributed by atoms with Crippen LogP contribution in [0.25, 0.3) is 33.3 Å². The van der Waals surface area contributed by atoms with Crippen LogP contribution in [0.1, 0.15) is 26.5 Å². The van der Waals surface area contributed by atoms with E-state index in [0.29, 0.717) is 5.71 Å². The van der Waals surface area contributed by atoms with E-state index in [9.17, 15) is 0 Å². The number of nitrogens with zero attached hydrogens (tertiary/aromatic N) is 2. The molecule has 27 heavy (non-hydrogen) atoms. The molecular weight excluding hydrogens is 393 g/mol. The third kappa shape index (κ3) is 3.29. The molecule has 0 fully saturated rings. The van der Waals surface area contributed by atoms with Crippen molar-refractivity contribution in [2.24, 2.45) is 0 Å². The van der Waals surface area contributed by atoms with Gasteiger partial charge in [-0.05, 0) is 0 Å². The van der Waals surface area contributed by atoms with Crippen LogP contribution >= 0.6 is 0 Å². The van der Waals surface area contributed by atoms with Gasteiger partial charge in [0.15, 0.2) is 0 Å². The van der Waals surface area contributed by atoms with Crippen LogP contribution in [0.3, 0.4) is 0 Å². The van der Waals surface area contributed by atoms with Crippen molar-refractivity contribution in [1.29, 1.82) is 0 Å². The van der Waals surface area contributed by atoms with Gasteiger partial charge in [0, 0.05) is 0 Å². The average molecular weight is 419 g/mol. The maximum absolute atomic E-state index is 6.23. The number of pyridine rings is 2. The van der Waals surface area contributed by atoms with Crippen LogP contribution in [0.5, 0.6) is 0 Å². The first-order valence-electron chi connectivity index (χ1n) is 9.44. The van der Waals surface area contributed by atoms with E-state index in [4.69, 9.17) is 14.4 Å². The second kappa shape index (κ2) is 6.20. The van der Waals surface area contributed by atoms with Crippen molar-refractivity contribution in [3.05, 3.63) is 54.4 Å². The summed E-state index contributed by atoms with van der Waals surface area (Å²) in [5.74, 6) is 7.15. The molecule has 0 saturated heterocycles. The molecule has 0 atom stereocenters. The van der Waals surface area contributed by atoms with Gasteiger partial charge in [0.2, 0.25) is 0 Å². The van der Waals surface area contributed by atoms with Gasteiger partial charge >= 0.3 is 163 Å². The number of benzene rings is 1. The Kier molecular flexibility index (Phi) is 4.19. The fraction of sp³-hybridized carbons (Fsp3) is 0.304. The number of para-hydroxylation sites is 1. The van der Waals surface area contributed by atoms with Gasteiger partial charge in [0.25, 0.3) is 0 Å². The molecule has 0 saturated carbocycles. The molecule has 4 aromatic rings. The summed E-state index contributed by atoms with van der Waals surface area (Å²) in [5, 5.41) is 2.15. The first kappa shape index (κ1) is 18.2. The molecule has 1 aromatic carbocycles. The Balaban J connectivity index is 1.89. The van der Waals surface area contributed by atoms with E-state index in [-0.39, 0.29) is 5.41 Å². The second-order valence-corrected chi connectivity index (χ2v) is 19.9. The van der Waals surface area contributed by atoms with E-state index in [1.165, 1.54) is 4.40 Å². The monoisotopic (exact) mass is 420 g/mol. The van der Waals surface area contributed by atoms with Crippen molar-refractivity contribution < 1.29 is 4.42 Å². The first-order chi connectivity index (χ1) is 12.6. The van der Waals surface area contributed by atoms with Crippen LogP contribution in [0, 0.1) is 0 Å². The molecule has 3 aromatic heterocycles. The zero-order chi connectivity index (χ0) is 19.4. The Labute approximate surface area is 163 Å². The van der Waals surface area contributed by atoms with Crippen molar-refractivity contribution in [2.75, 3.05) is 0 Å². The van der Waals surface area contributed by atoms with E-state index in [2.05, 4.69) is 80.5 Å². The minimum absolute atomic E-state index is 0.00835. The Morgan fingerprint density at radius 2 is 1.67 bits per heavy atom. The predicted molar refractivity (Wildman–Crippen MR) is 116 cm³/mol. The molecule has 0 amide bonds. The van der Waals surface area contributed by atoms with Gasteiger partial charge in [-0.15, -0.1) is 0 Å². The average Bonchev–Trinajstić information content (AvgIpc) is 2.98. The third-order valence-corrected chi connectivity index (χ3v) is 9.29. The van der Waals surface area contributed by atoms with Gasteiger partial charge < -0.3 is 0 Å². The quantitative estimate of drug-likeness (QED) is 0.381. The number of furan rings is 1. The van der Waals surface area contributed by atoms with Crippen LogP contribution in [0.2, 0.25) is 17.3 Å². The normalized spacial score (nSPS) is 12.8. The molecule has 0 bridgehead atoms. The molecular formula is C23H26GeN2O. The topological polar surface area (TPSA) is 38.9 Å². The molecule has 0 aliphatic heterocycles. The molecule has 0 aliphatic rings. The standard InChI is InChI=1S/C23H26GeN2O/c1-23(2,3)20-13-11-17-16-8-7-9-18(21(16)27-22(17)26-20)19-12-10-15(14-25-19)24(4,5)6/h7-14H,1-6H3. The molecule has 3 nitrogen and oxygen atoms in total. The van der Waals surface area contributed by atoms with E-state index >= 15 is 0 Å². The van der Waals surface area contributed by atoms with Crippen molar-refractivity contribution in [3.8, 4) is 11.3 Å². The molecule has 0 radical (unpaired) electrons. The van der Waals surface area contributed by atoms with Gasteiger partial charge in [0.1, 0.15) is 0 Å².